The van der Waals surface area contributed by atoms with Gasteiger partial charge in [-0.15, -0.1) is 0 Å². The number of sulfonamides is 1. The molecule has 1 aromatic rings. The van der Waals surface area contributed by atoms with Crippen molar-refractivity contribution in [3.05, 3.63) is 17.5 Å². The van der Waals surface area contributed by atoms with Crippen LogP contribution in [0.2, 0.25) is 0 Å². The maximum absolute atomic E-state index is 11.9. The molecule has 1 saturated carbocycles. The fourth-order valence-corrected chi connectivity index (χ4v) is 4.05. The van der Waals surface area contributed by atoms with Gasteiger partial charge in [0.25, 0.3) is 0 Å². The van der Waals surface area contributed by atoms with Gasteiger partial charge in [-0.3, -0.25) is 9.58 Å². The molecule has 136 valence electrons. The first-order valence-electron chi connectivity index (χ1n) is 8.74. The van der Waals surface area contributed by atoms with Gasteiger partial charge in [0, 0.05) is 33.7 Å². The van der Waals surface area contributed by atoms with Gasteiger partial charge >= 0.3 is 0 Å². The summed E-state index contributed by atoms with van der Waals surface area (Å²) >= 11 is 0. The summed E-state index contributed by atoms with van der Waals surface area (Å²) < 4.78 is 27.0. The van der Waals surface area contributed by atoms with Crippen LogP contribution in [-0.4, -0.2) is 65.4 Å². The summed E-state index contributed by atoms with van der Waals surface area (Å²) in [6.45, 7) is 3.34. The lowest BCUT2D eigenvalue weighted by Crippen LogP contribution is -2.29. The van der Waals surface area contributed by atoms with Crippen molar-refractivity contribution in [2.75, 3.05) is 32.9 Å². The van der Waals surface area contributed by atoms with E-state index in [0.717, 1.165) is 56.8 Å². The predicted molar refractivity (Wildman–Crippen MR) is 91.9 cm³/mol. The molecule has 0 bridgehead atoms. The largest absolute Gasteiger partial charge is 0.386 e. The third kappa shape index (κ3) is 4.17. The van der Waals surface area contributed by atoms with E-state index in [4.69, 9.17) is 0 Å². The number of aryl methyl sites for hydroxylation is 1. The molecule has 0 spiro atoms. The number of hydrogen-bond donors (Lipinski definition) is 1. The van der Waals surface area contributed by atoms with Gasteiger partial charge in [-0.05, 0) is 44.2 Å². The highest BCUT2D eigenvalue weighted by atomic mass is 32.2. The van der Waals surface area contributed by atoms with Crippen LogP contribution < -0.4 is 0 Å². The molecule has 2 heterocycles. The maximum atomic E-state index is 11.9. The van der Waals surface area contributed by atoms with Gasteiger partial charge in [-0.25, -0.2) is 12.7 Å². The van der Waals surface area contributed by atoms with E-state index in [0.29, 0.717) is 12.3 Å². The molecule has 0 unspecified atom stereocenters. The van der Waals surface area contributed by atoms with Gasteiger partial charge in [0.1, 0.15) is 6.10 Å². The molecule has 0 radical (unpaired) electrons. The van der Waals surface area contributed by atoms with E-state index in [-0.39, 0.29) is 5.75 Å². The third-order valence-corrected chi connectivity index (χ3v) is 6.83. The van der Waals surface area contributed by atoms with Gasteiger partial charge in [-0.2, -0.15) is 5.10 Å². The predicted octanol–water partition coefficient (Wildman–Crippen LogP) is 0.814. The van der Waals surface area contributed by atoms with E-state index in [1.54, 1.807) is 14.1 Å². The van der Waals surface area contributed by atoms with E-state index >= 15 is 0 Å². The van der Waals surface area contributed by atoms with Crippen molar-refractivity contribution in [2.45, 2.75) is 44.9 Å². The second-order valence-electron chi connectivity index (χ2n) is 7.15. The quantitative estimate of drug-likeness (QED) is 0.782. The smallest absolute Gasteiger partial charge is 0.213 e. The highest BCUT2D eigenvalue weighted by Gasteiger charge is 2.33. The molecule has 0 aromatic carbocycles. The fraction of sp³-hybridized carbons (Fsp3) is 0.812. The highest BCUT2D eigenvalue weighted by molar-refractivity contribution is 7.89. The molecule has 1 fully saturated rings. The molecule has 0 amide bonds. The zero-order valence-corrected chi connectivity index (χ0v) is 15.4. The van der Waals surface area contributed by atoms with Gasteiger partial charge < -0.3 is 5.11 Å². The van der Waals surface area contributed by atoms with Crippen LogP contribution in [-0.2, 0) is 23.1 Å². The molecule has 7 nitrogen and oxygen atoms in total. The Morgan fingerprint density at radius 2 is 2.12 bits per heavy atom. The molecule has 1 N–H and O–H groups in total. The SMILES string of the molecule is CN(C)S(=O)(=O)CCCN1CCCn2nc([C@H](O)C3CC3)cc2C1. The van der Waals surface area contributed by atoms with Crippen LogP contribution in [0.1, 0.15) is 43.2 Å². The normalized spacial score (nSPS) is 20.8. The Kier molecular flexibility index (Phi) is 5.29. The molecular weight excluding hydrogens is 328 g/mol. The summed E-state index contributed by atoms with van der Waals surface area (Å²) in [6.07, 6.45) is 3.38. The van der Waals surface area contributed by atoms with E-state index in [1.807, 2.05) is 10.7 Å². The lowest BCUT2D eigenvalue weighted by Gasteiger charge is -2.20. The Hall–Kier alpha value is -0.960. The Bertz CT molecular complexity index is 667. The minimum absolute atomic E-state index is 0.182. The van der Waals surface area contributed by atoms with Crippen LogP contribution in [0, 0.1) is 5.92 Å². The zero-order valence-electron chi connectivity index (χ0n) is 14.6. The van der Waals surface area contributed by atoms with Crippen LogP contribution in [0.3, 0.4) is 0 Å². The number of fused-ring (bicyclic) bond motifs is 1. The van der Waals surface area contributed by atoms with E-state index < -0.39 is 16.1 Å². The van der Waals surface area contributed by atoms with Gasteiger partial charge in [0.15, 0.2) is 0 Å². The number of hydrogen-bond acceptors (Lipinski definition) is 5. The second kappa shape index (κ2) is 7.11. The van der Waals surface area contributed by atoms with Crippen LogP contribution >= 0.6 is 0 Å². The van der Waals surface area contributed by atoms with Crippen molar-refractivity contribution in [2.24, 2.45) is 5.92 Å². The van der Waals surface area contributed by atoms with Crippen molar-refractivity contribution < 1.29 is 13.5 Å². The first kappa shape index (κ1) is 17.8. The summed E-state index contributed by atoms with van der Waals surface area (Å²) in [4.78, 5) is 2.29. The average molecular weight is 356 g/mol. The van der Waals surface area contributed by atoms with Crippen LogP contribution in [0.5, 0.6) is 0 Å². The lowest BCUT2D eigenvalue weighted by atomic mass is 10.1. The summed E-state index contributed by atoms with van der Waals surface area (Å²) in [7, 11) is 0.0295. The second-order valence-corrected chi connectivity index (χ2v) is 9.45. The molecule has 0 saturated heterocycles. The number of aromatic nitrogens is 2. The molecule has 2 aliphatic rings. The fourth-order valence-electron chi connectivity index (χ4n) is 3.19. The van der Waals surface area contributed by atoms with Crippen molar-refractivity contribution >= 4 is 10.0 Å². The molecule has 3 rings (SSSR count). The summed E-state index contributed by atoms with van der Waals surface area (Å²) in [5.41, 5.74) is 1.92. The Morgan fingerprint density at radius 1 is 1.38 bits per heavy atom. The zero-order chi connectivity index (χ0) is 17.3. The molecule has 1 aliphatic heterocycles. The summed E-state index contributed by atoms with van der Waals surface area (Å²) in [5, 5.41) is 14.9. The number of nitrogens with zero attached hydrogens (tertiary/aromatic N) is 4. The van der Waals surface area contributed by atoms with Crippen molar-refractivity contribution in [1.82, 2.24) is 19.0 Å². The summed E-state index contributed by atoms with van der Waals surface area (Å²) in [6, 6.07) is 2.03. The van der Waals surface area contributed by atoms with Gasteiger partial charge in [-0.1, -0.05) is 0 Å². The molecule has 1 aromatic heterocycles. The molecule has 8 heteroatoms. The highest BCUT2D eigenvalue weighted by Crippen LogP contribution is 2.40. The number of aliphatic hydroxyl groups excluding tert-OH is 1. The first-order chi connectivity index (χ1) is 11.4. The minimum Gasteiger partial charge on any atom is -0.386 e. The monoisotopic (exact) mass is 356 g/mol. The molecule has 24 heavy (non-hydrogen) atoms. The number of rotatable bonds is 7. The molecular formula is C16H28N4O3S. The lowest BCUT2D eigenvalue weighted by molar-refractivity contribution is 0.148. The van der Waals surface area contributed by atoms with Crippen molar-refractivity contribution in [1.29, 1.82) is 0 Å². The Labute approximate surface area is 144 Å². The average Bonchev–Trinajstić information content (AvgIpc) is 3.31. The summed E-state index contributed by atoms with van der Waals surface area (Å²) in [5.74, 6) is 0.568. The van der Waals surface area contributed by atoms with Crippen LogP contribution in [0.25, 0.3) is 0 Å². The van der Waals surface area contributed by atoms with Crippen molar-refractivity contribution in [3.63, 3.8) is 0 Å². The van der Waals surface area contributed by atoms with Crippen LogP contribution in [0.15, 0.2) is 6.07 Å². The van der Waals surface area contributed by atoms with Gasteiger partial charge in [0.05, 0.1) is 17.1 Å². The van der Waals surface area contributed by atoms with Gasteiger partial charge in [0.2, 0.25) is 10.0 Å². The number of aliphatic hydroxyl groups is 1. The Balaban J connectivity index is 1.58. The topological polar surface area (TPSA) is 78.7 Å². The third-order valence-electron chi connectivity index (χ3n) is 4.92. The van der Waals surface area contributed by atoms with Crippen molar-refractivity contribution in [3.8, 4) is 0 Å². The maximum Gasteiger partial charge on any atom is 0.213 e. The first-order valence-corrected chi connectivity index (χ1v) is 10.3. The van der Waals surface area contributed by atoms with Crippen LogP contribution in [0.4, 0.5) is 0 Å². The Morgan fingerprint density at radius 3 is 2.79 bits per heavy atom. The molecule has 1 aliphatic carbocycles. The van der Waals surface area contributed by atoms with E-state index in [1.165, 1.54) is 4.31 Å². The minimum atomic E-state index is -3.12. The van der Waals surface area contributed by atoms with E-state index in [2.05, 4.69) is 10.00 Å². The van der Waals surface area contributed by atoms with E-state index in [9.17, 15) is 13.5 Å². The molecule has 1 atom stereocenters. The standard InChI is InChI=1S/C16H28N4O3S/c1-18(2)24(22,23)10-4-8-19-7-3-9-20-14(12-19)11-15(17-20)16(21)13-5-6-13/h11,13,16,21H,3-10,12H2,1-2H3/t16-/m1/s1.